The fraction of sp³-hybridized carbons (Fsp3) is 0.0435. The Balaban J connectivity index is 2.12. The molecular weight excluding hydrogens is 322 g/mol. The Morgan fingerprint density at radius 1 is 0.640 bits per heavy atom. The lowest BCUT2D eigenvalue weighted by atomic mass is 10.00. The summed E-state index contributed by atoms with van der Waals surface area (Å²) in [4.78, 5) is 0. The number of thiophene rings is 1. The van der Waals surface area contributed by atoms with Gasteiger partial charge in [0.2, 0.25) is 0 Å². The number of para-hydroxylation sites is 1. The lowest BCUT2D eigenvalue weighted by Gasteiger charge is -2.06. The second-order valence-electron chi connectivity index (χ2n) is 6.65. The third-order valence-electron chi connectivity index (χ3n) is 5.38. The molecule has 25 heavy (non-hydrogen) atoms. The highest BCUT2D eigenvalue weighted by molar-refractivity contribution is 7.27. The zero-order valence-electron chi connectivity index (χ0n) is 13.8. The van der Waals surface area contributed by atoms with E-state index >= 15 is 0 Å². The maximum Gasteiger partial charge on any atom is 0.0575 e. The van der Waals surface area contributed by atoms with Crippen molar-refractivity contribution < 1.29 is 0 Å². The standard InChI is InChI=1S/C23H15NS/c1-24-18-12-6-4-10-16(18)20-21-17-11-5-7-13-19(17)25-23(21)15-9-3-2-8-14(15)22(20)24/h2-13H,1H3. The molecular formula is C23H15NS. The number of hydrogen-bond acceptors (Lipinski definition) is 1. The quantitative estimate of drug-likeness (QED) is 0.285. The van der Waals surface area contributed by atoms with Gasteiger partial charge < -0.3 is 4.57 Å². The summed E-state index contributed by atoms with van der Waals surface area (Å²) < 4.78 is 5.13. The molecule has 2 heterocycles. The van der Waals surface area contributed by atoms with Gasteiger partial charge in [0.1, 0.15) is 0 Å². The molecule has 1 nitrogen and oxygen atoms in total. The molecule has 0 bridgehead atoms. The van der Waals surface area contributed by atoms with Crippen LogP contribution in [0, 0.1) is 0 Å². The monoisotopic (exact) mass is 337 g/mol. The third-order valence-corrected chi connectivity index (χ3v) is 6.58. The van der Waals surface area contributed by atoms with Crippen LogP contribution in [0.5, 0.6) is 0 Å². The average molecular weight is 337 g/mol. The Bertz CT molecular complexity index is 1450. The van der Waals surface area contributed by atoms with Crippen LogP contribution >= 0.6 is 11.3 Å². The summed E-state index contributed by atoms with van der Waals surface area (Å²) in [6.07, 6.45) is 0. The van der Waals surface area contributed by atoms with Crippen LogP contribution in [-0.4, -0.2) is 4.57 Å². The minimum absolute atomic E-state index is 1.30. The van der Waals surface area contributed by atoms with Gasteiger partial charge in [-0.15, -0.1) is 11.3 Å². The van der Waals surface area contributed by atoms with E-state index in [0.717, 1.165) is 0 Å². The Labute approximate surface area is 148 Å². The molecule has 0 fully saturated rings. The van der Waals surface area contributed by atoms with E-state index in [9.17, 15) is 0 Å². The van der Waals surface area contributed by atoms with Crippen molar-refractivity contribution in [3.8, 4) is 0 Å². The Hall–Kier alpha value is -2.84. The summed E-state index contributed by atoms with van der Waals surface area (Å²) >= 11 is 1.91. The zero-order valence-corrected chi connectivity index (χ0v) is 14.6. The van der Waals surface area contributed by atoms with Crippen LogP contribution in [0.4, 0.5) is 0 Å². The van der Waals surface area contributed by atoms with Crippen LogP contribution < -0.4 is 0 Å². The van der Waals surface area contributed by atoms with Gasteiger partial charge in [0, 0.05) is 54.3 Å². The van der Waals surface area contributed by atoms with Crippen LogP contribution in [0.2, 0.25) is 0 Å². The molecule has 118 valence electrons. The lowest BCUT2D eigenvalue weighted by Crippen LogP contribution is -1.88. The van der Waals surface area contributed by atoms with Crippen LogP contribution in [0.25, 0.3) is 52.8 Å². The molecule has 0 aliphatic carbocycles. The van der Waals surface area contributed by atoms with Crippen molar-refractivity contribution in [1.82, 2.24) is 4.57 Å². The first kappa shape index (κ1) is 13.5. The van der Waals surface area contributed by atoms with E-state index in [-0.39, 0.29) is 0 Å². The van der Waals surface area contributed by atoms with Crippen molar-refractivity contribution >= 4 is 64.1 Å². The molecule has 0 spiro atoms. The SMILES string of the molecule is Cn1c2ccccc2c2c3c4ccccc4sc3c3ccccc3c21. The first-order chi connectivity index (χ1) is 12.3. The van der Waals surface area contributed by atoms with Gasteiger partial charge in [-0.05, 0) is 12.1 Å². The summed E-state index contributed by atoms with van der Waals surface area (Å²) in [6, 6.07) is 26.4. The fourth-order valence-electron chi connectivity index (χ4n) is 4.33. The van der Waals surface area contributed by atoms with Crippen LogP contribution in [0.3, 0.4) is 0 Å². The second kappa shape index (κ2) is 4.62. The Morgan fingerprint density at radius 2 is 1.28 bits per heavy atom. The van der Waals surface area contributed by atoms with Crippen molar-refractivity contribution in [2.45, 2.75) is 0 Å². The first-order valence-electron chi connectivity index (χ1n) is 8.53. The summed E-state index contributed by atoms with van der Waals surface area (Å²) in [5.41, 5.74) is 2.64. The van der Waals surface area contributed by atoms with Crippen LogP contribution in [-0.2, 0) is 7.05 Å². The van der Waals surface area contributed by atoms with Crippen molar-refractivity contribution in [2.24, 2.45) is 7.05 Å². The number of aromatic nitrogens is 1. The van der Waals surface area contributed by atoms with Crippen LogP contribution in [0.15, 0.2) is 72.8 Å². The minimum Gasteiger partial charge on any atom is -0.343 e. The van der Waals surface area contributed by atoms with Crippen molar-refractivity contribution in [1.29, 1.82) is 0 Å². The molecule has 0 saturated carbocycles. The molecule has 0 N–H and O–H groups in total. The molecule has 0 atom stereocenters. The molecule has 4 aromatic carbocycles. The van der Waals surface area contributed by atoms with Gasteiger partial charge in [0.25, 0.3) is 0 Å². The maximum absolute atomic E-state index is 2.36. The molecule has 0 amide bonds. The van der Waals surface area contributed by atoms with Crippen LogP contribution in [0.1, 0.15) is 0 Å². The zero-order chi connectivity index (χ0) is 16.5. The number of hydrogen-bond donors (Lipinski definition) is 0. The van der Waals surface area contributed by atoms with E-state index < -0.39 is 0 Å². The van der Waals surface area contributed by atoms with Gasteiger partial charge in [-0.3, -0.25) is 0 Å². The van der Waals surface area contributed by atoms with Gasteiger partial charge >= 0.3 is 0 Å². The van der Waals surface area contributed by atoms with E-state index in [4.69, 9.17) is 0 Å². The van der Waals surface area contributed by atoms with Crippen molar-refractivity contribution in [3.05, 3.63) is 72.8 Å². The summed E-state index contributed by atoms with van der Waals surface area (Å²) in [5.74, 6) is 0. The predicted molar refractivity (Wildman–Crippen MR) is 111 cm³/mol. The molecule has 0 aliphatic rings. The molecule has 2 aromatic heterocycles. The molecule has 0 saturated heterocycles. The van der Waals surface area contributed by atoms with Gasteiger partial charge in [-0.25, -0.2) is 0 Å². The van der Waals surface area contributed by atoms with E-state index in [1.165, 1.54) is 52.8 Å². The molecule has 2 heteroatoms. The Kier molecular flexibility index (Phi) is 2.48. The molecule has 0 unspecified atom stereocenters. The number of rotatable bonds is 0. The highest BCUT2D eigenvalue weighted by Gasteiger charge is 2.18. The first-order valence-corrected chi connectivity index (χ1v) is 9.35. The smallest absolute Gasteiger partial charge is 0.0575 e. The predicted octanol–water partition coefficient (Wildman–Crippen LogP) is 6.85. The molecule has 6 rings (SSSR count). The van der Waals surface area contributed by atoms with Gasteiger partial charge in [0.05, 0.1) is 5.52 Å². The summed E-state index contributed by atoms with van der Waals surface area (Å²) in [5, 5.41) is 8.22. The summed E-state index contributed by atoms with van der Waals surface area (Å²) in [7, 11) is 2.19. The maximum atomic E-state index is 2.36. The third kappa shape index (κ3) is 1.58. The largest absolute Gasteiger partial charge is 0.343 e. The van der Waals surface area contributed by atoms with Gasteiger partial charge in [-0.1, -0.05) is 60.7 Å². The number of nitrogens with zero attached hydrogens (tertiary/aromatic N) is 1. The van der Waals surface area contributed by atoms with Crippen molar-refractivity contribution in [3.63, 3.8) is 0 Å². The van der Waals surface area contributed by atoms with E-state index in [0.29, 0.717) is 0 Å². The molecule has 0 radical (unpaired) electrons. The van der Waals surface area contributed by atoms with Gasteiger partial charge in [-0.2, -0.15) is 0 Å². The Morgan fingerprint density at radius 3 is 2.12 bits per heavy atom. The normalized spacial score (nSPS) is 12.2. The fourth-order valence-corrected chi connectivity index (χ4v) is 5.58. The number of fused-ring (bicyclic) bond motifs is 10. The minimum atomic E-state index is 1.30. The van der Waals surface area contributed by atoms with E-state index in [2.05, 4.69) is 84.4 Å². The number of aryl methyl sites for hydroxylation is 1. The number of benzene rings is 4. The average Bonchev–Trinajstić information content (AvgIpc) is 3.19. The highest BCUT2D eigenvalue weighted by atomic mass is 32.1. The van der Waals surface area contributed by atoms with E-state index in [1.54, 1.807) is 0 Å². The summed E-state index contributed by atoms with van der Waals surface area (Å²) in [6.45, 7) is 0. The van der Waals surface area contributed by atoms with E-state index in [1.807, 2.05) is 11.3 Å². The van der Waals surface area contributed by atoms with Crippen molar-refractivity contribution in [2.75, 3.05) is 0 Å². The molecule has 6 aromatic rings. The topological polar surface area (TPSA) is 4.93 Å². The molecule has 0 aliphatic heterocycles. The lowest BCUT2D eigenvalue weighted by molar-refractivity contribution is 1.02. The van der Waals surface area contributed by atoms with Gasteiger partial charge in [0.15, 0.2) is 0 Å². The highest BCUT2D eigenvalue weighted by Crippen LogP contribution is 2.46. The second-order valence-corrected chi connectivity index (χ2v) is 7.70.